The minimum atomic E-state index is 0.147. The van der Waals surface area contributed by atoms with Crippen LogP contribution in [0.4, 0.5) is 0 Å². The number of likely N-dealkylation sites (tertiary alicyclic amines) is 1. The van der Waals surface area contributed by atoms with Gasteiger partial charge in [0.2, 0.25) is 5.91 Å². The van der Waals surface area contributed by atoms with Crippen LogP contribution in [-0.2, 0) is 4.79 Å². The van der Waals surface area contributed by atoms with E-state index < -0.39 is 0 Å². The second kappa shape index (κ2) is 7.22. The lowest BCUT2D eigenvalue weighted by Gasteiger charge is -2.58. The molecule has 3 nitrogen and oxygen atoms in total. The fourth-order valence-corrected chi connectivity index (χ4v) is 7.66. The highest BCUT2D eigenvalue weighted by atomic mass is 35.5. The molecular weight excluding hydrogens is 392 g/mol. The number of halogens is 1. The molecule has 2 fully saturated rings. The first-order chi connectivity index (χ1) is 14.4. The zero-order valence-electron chi connectivity index (χ0n) is 18.5. The van der Waals surface area contributed by atoms with E-state index in [0.717, 1.165) is 37.3 Å². The van der Waals surface area contributed by atoms with E-state index in [9.17, 15) is 4.79 Å². The standard InChI is InChI=1S/C26H33ClN2O/c1-4-13-29-23-8-5-19-21-7-6-20(17-14-18(27)16-28-15-17)25(21,2)11-9-22(19)26(23,3)12-10-24(29)30/h6,8,14-16,19,21-22H,4-5,7,9-13H2,1-3H3/t19-,21-,22-,25+,26+/m0/s1. The number of allylic oxidation sites excluding steroid dienone is 4. The van der Waals surface area contributed by atoms with Crippen molar-refractivity contribution >= 4 is 23.1 Å². The third-order valence-corrected chi connectivity index (χ3v) is 9.12. The fourth-order valence-electron chi connectivity index (χ4n) is 7.49. The molecule has 0 radical (unpaired) electrons. The van der Waals surface area contributed by atoms with Gasteiger partial charge < -0.3 is 4.90 Å². The summed E-state index contributed by atoms with van der Waals surface area (Å²) < 4.78 is 0. The van der Waals surface area contributed by atoms with Crippen LogP contribution in [0.1, 0.15) is 71.3 Å². The molecule has 5 atom stereocenters. The Bertz CT molecular complexity index is 937. The van der Waals surface area contributed by atoms with Gasteiger partial charge in [-0.1, -0.05) is 44.5 Å². The SMILES string of the molecule is CCCN1C(=O)CC[C@@]2(C)C1=CC[C@@H]1[C@@H]2CC[C@]2(C)C(c3cncc(Cl)c3)=CC[C@@H]12. The number of pyridine rings is 1. The molecule has 1 saturated carbocycles. The van der Waals surface area contributed by atoms with Crippen molar-refractivity contribution in [3.05, 3.63) is 46.9 Å². The summed E-state index contributed by atoms with van der Waals surface area (Å²) in [5, 5.41) is 0.717. The molecule has 4 aliphatic rings. The number of hydrogen-bond acceptors (Lipinski definition) is 2. The summed E-state index contributed by atoms with van der Waals surface area (Å²) in [5.41, 5.74) is 4.33. The van der Waals surface area contributed by atoms with Gasteiger partial charge in [-0.2, -0.15) is 0 Å². The number of nitrogens with zero attached hydrogens (tertiary/aromatic N) is 2. The number of piperidine rings is 1. The van der Waals surface area contributed by atoms with E-state index in [1.54, 1.807) is 6.20 Å². The highest BCUT2D eigenvalue weighted by Gasteiger charge is 2.58. The maximum Gasteiger partial charge on any atom is 0.226 e. The van der Waals surface area contributed by atoms with Crippen LogP contribution in [0.2, 0.25) is 5.02 Å². The lowest BCUT2D eigenvalue weighted by atomic mass is 9.49. The molecule has 1 aromatic rings. The number of rotatable bonds is 3. The Morgan fingerprint density at radius 3 is 2.73 bits per heavy atom. The Morgan fingerprint density at radius 1 is 1.13 bits per heavy atom. The van der Waals surface area contributed by atoms with Gasteiger partial charge in [-0.05, 0) is 78.9 Å². The number of aromatic nitrogens is 1. The smallest absolute Gasteiger partial charge is 0.226 e. The van der Waals surface area contributed by atoms with Gasteiger partial charge in [-0.25, -0.2) is 0 Å². The first-order valence-electron chi connectivity index (χ1n) is 11.7. The Morgan fingerprint density at radius 2 is 1.97 bits per heavy atom. The van der Waals surface area contributed by atoms with Crippen LogP contribution in [0.3, 0.4) is 0 Å². The monoisotopic (exact) mass is 424 g/mol. The molecule has 30 heavy (non-hydrogen) atoms. The lowest BCUT2D eigenvalue weighted by molar-refractivity contribution is -0.136. The first-order valence-corrected chi connectivity index (χ1v) is 12.1. The third-order valence-electron chi connectivity index (χ3n) is 8.92. The second-order valence-corrected chi connectivity index (χ2v) is 10.8. The summed E-state index contributed by atoms with van der Waals surface area (Å²) in [5.74, 6) is 2.36. The maximum absolute atomic E-state index is 12.7. The number of carbonyl (C=O) groups is 1. The molecule has 4 heteroatoms. The van der Waals surface area contributed by atoms with Crippen LogP contribution in [0.25, 0.3) is 5.57 Å². The number of carbonyl (C=O) groups excluding carboxylic acids is 1. The van der Waals surface area contributed by atoms with Gasteiger partial charge >= 0.3 is 0 Å². The molecule has 5 rings (SSSR count). The molecule has 2 heterocycles. The van der Waals surface area contributed by atoms with Crippen molar-refractivity contribution < 1.29 is 4.79 Å². The molecular formula is C26H33ClN2O. The Balaban J connectivity index is 1.48. The van der Waals surface area contributed by atoms with Gasteiger partial charge in [-0.3, -0.25) is 9.78 Å². The van der Waals surface area contributed by atoms with Gasteiger partial charge in [0.15, 0.2) is 0 Å². The van der Waals surface area contributed by atoms with Crippen molar-refractivity contribution in [2.75, 3.05) is 6.54 Å². The van der Waals surface area contributed by atoms with E-state index in [2.05, 4.69) is 48.9 Å². The average molecular weight is 425 g/mol. The summed E-state index contributed by atoms with van der Waals surface area (Å²) in [7, 11) is 0. The Labute approximate surface area is 185 Å². The molecule has 1 saturated heterocycles. The van der Waals surface area contributed by atoms with E-state index in [4.69, 9.17) is 11.6 Å². The largest absolute Gasteiger partial charge is 0.316 e. The predicted octanol–water partition coefficient (Wildman–Crippen LogP) is 6.50. The molecule has 1 amide bonds. The van der Waals surface area contributed by atoms with Crippen LogP contribution in [0, 0.1) is 28.6 Å². The van der Waals surface area contributed by atoms with Crippen LogP contribution >= 0.6 is 11.6 Å². The van der Waals surface area contributed by atoms with E-state index in [-0.39, 0.29) is 10.8 Å². The number of hydrogen-bond donors (Lipinski definition) is 0. The second-order valence-electron chi connectivity index (χ2n) is 10.4. The zero-order chi connectivity index (χ0) is 21.1. The van der Waals surface area contributed by atoms with Gasteiger partial charge in [0.05, 0.1) is 5.02 Å². The fraction of sp³-hybridized carbons (Fsp3) is 0.615. The molecule has 1 aromatic heterocycles. The van der Waals surface area contributed by atoms with Crippen LogP contribution in [-0.4, -0.2) is 22.3 Å². The molecule has 160 valence electrons. The molecule has 0 aromatic carbocycles. The molecule has 0 bridgehead atoms. The zero-order valence-corrected chi connectivity index (χ0v) is 19.2. The molecule has 0 spiro atoms. The maximum atomic E-state index is 12.7. The van der Waals surface area contributed by atoms with E-state index in [1.807, 2.05) is 6.20 Å². The van der Waals surface area contributed by atoms with Gasteiger partial charge in [0, 0.05) is 36.5 Å². The summed E-state index contributed by atoms with van der Waals surface area (Å²) >= 11 is 6.27. The quantitative estimate of drug-likeness (QED) is 0.555. The van der Waals surface area contributed by atoms with E-state index in [1.165, 1.54) is 29.7 Å². The van der Waals surface area contributed by atoms with Gasteiger partial charge in [0.25, 0.3) is 0 Å². The average Bonchev–Trinajstić information content (AvgIpc) is 3.08. The highest BCUT2D eigenvalue weighted by molar-refractivity contribution is 6.30. The summed E-state index contributed by atoms with van der Waals surface area (Å²) in [6, 6.07) is 2.08. The molecule has 0 unspecified atom stereocenters. The van der Waals surface area contributed by atoms with Crippen LogP contribution < -0.4 is 0 Å². The lowest BCUT2D eigenvalue weighted by Crippen LogP contribution is -2.54. The minimum Gasteiger partial charge on any atom is -0.316 e. The summed E-state index contributed by atoms with van der Waals surface area (Å²) in [4.78, 5) is 19.1. The topological polar surface area (TPSA) is 33.2 Å². The number of fused-ring (bicyclic) bond motifs is 5. The van der Waals surface area contributed by atoms with Crippen molar-refractivity contribution in [3.8, 4) is 0 Å². The predicted molar refractivity (Wildman–Crippen MR) is 122 cm³/mol. The summed E-state index contributed by atoms with van der Waals surface area (Å²) in [6.45, 7) is 7.97. The minimum absolute atomic E-state index is 0.147. The van der Waals surface area contributed by atoms with E-state index in [0.29, 0.717) is 30.1 Å². The molecule has 3 aliphatic carbocycles. The molecule has 0 N–H and O–H groups in total. The number of amides is 1. The van der Waals surface area contributed by atoms with Crippen LogP contribution in [0.15, 0.2) is 36.3 Å². The Kier molecular flexibility index (Phi) is 4.89. The van der Waals surface area contributed by atoms with Crippen molar-refractivity contribution in [2.45, 2.75) is 65.7 Å². The molecule has 1 aliphatic heterocycles. The first kappa shape index (κ1) is 20.3. The van der Waals surface area contributed by atoms with Crippen molar-refractivity contribution in [3.63, 3.8) is 0 Å². The summed E-state index contributed by atoms with van der Waals surface area (Å²) in [6.07, 6.45) is 16.1. The highest BCUT2D eigenvalue weighted by Crippen LogP contribution is 2.66. The normalized spacial score (nSPS) is 37.8. The van der Waals surface area contributed by atoms with Crippen molar-refractivity contribution in [1.82, 2.24) is 9.88 Å². The van der Waals surface area contributed by atoms with Crippen LogP contribution in [0.5, 0.6) is 0 Å². The van der Waals surface area contributed by atoms with E-state index >= 15 is 0 Å². The van der Waals surface area contributed by atoms with Gasteiger partial charge in [0.1, 0.15) is 0 Å². The van der Waals surface area contributed by atoms with Crippen molar-refractivity contribution in [1.29, 1.82) is 0 Å². The Hall–Kier alpha value is -1.61. The third kappa shape index (κ3) is 2.84. The van der Waals surface area contributed by atoms with Crippen molar-refractivity contribution in [2.24, 2.45) is 28.6 Å². The van der Waals surface area contributed by atoms with Gasteiger partial charge in [-0.15, -0.1) is 0 Å².